The van der Waals surface area contributed by atoms with E-state index in [1.165, 1.54) is 41.6 Å². The number of benzene rings is 2. The van der Waals surface area contributed by atoms with E-state index in [9.17, 15) is 30.8 Å². The number of pyridine rings is 1. The number of anilines is 1. The van der Waals surface area contributed by atoms with Crippen LogP contribution in [0.15, 0.2) is 83.3 Å². The van der Waals surface area contributed by atoms with Crippen LogP contribution >= 0.6 is 0 Å². The van der Waals surface area contributed by atoms with Crippen molar-refractivity contribution in [1.29, 1.82) is 0 Å². The zero-order chi connectivity index (χ0) is 29.2. The van der Waals surface area contributed by atoms with E-state index in [0.29, 0.717) is 44.7 Å². The lowest BCUT2D eigenvalue weighted by molar-refractivity contribution is -0.274. The van der Waals surface area contributed by atoms with Crippen molar-refractivity contribution in [3.05, 3.63) is 84.0 Å². The van der Waals surface area contributed by atoms with Gasteiger partial charge in [-0.25, -0.2) is 12.8 Å². The third kappa shape index (κ3) is 6.77. The number of para-hydroxylation sites is 1. The van der Waals surface area contributed by atoms with Gasteiger partial charge in [0.2, 0.25) is 0 Å². The van der Waals surface area contributed by atoms with Gasteiger partial charge in [0, 0.05) is 62.6 Å². The number of halogens is 4. The number of hydrogen-bond acceptors (Lipinski definition) is 7. The van der Waals surface area contributed by atoms with E-state index in [1.54, 1.807) is 18.2 Å². The van der Waals surface area contributed by atoms with E-state index in [-0.39, 0.29) is 21.8 Å². The fraction of sp³-hybridized carbons (Fsp3) is 0.259. The number of ether oxygens (including phenoxy) is 1. The second-order valence-electron chi connectivity index (χ2n) is 9.48. The molecule has 2 aliphatic heterocycles. The number of aromatic nitrogens is 1. The number of nitrogens with zero attached hydrogens (tertiary/aromatic N) is 3. The molecule has 0 atom stereocenters. The summed E-state index contributed by atoms with van der Waals surface area (Å²) in [5, 5.41) is 3.37. The highest BCUT2D eigenvalue weighted by Gasteiger charge is 2.34. The molecule has 41 heavy (non-hydrogen) atoms. The smallest absolute Gasteiger partial charge is 0.404 e. The summed E-state index contributed by atoms with van der Waals surface area (Å²) in [5.74, 6) is -1.76. The van der Waals surface area contributed by atoms with Crippen molar-refractivity contribution in [2.24, 2.45) is 0 Å². The van der Waals surface area contributed by atoms with E-state index in [4.69, 9.17) is 0 Å². The van der Waals surface area contributed by atoms with Gasteiger partial charge in [-0.3, -0.25) is 19.4 Å². The Labute approximate surface area is 233 Å². The molecule has 0 aliphatic carbocycles. The van der Waals surface area contributed by atoms with Gasteiger partial charge >= 0.3 is 6.36 Å². The van der Waals surface area contributed by atoms with Crippen molar-refractivity contribution in [2.45, 2.75) is 11.3 Å². The molecule has 5 rings (SSSR count). The average Bonchev–Trinajstić information content (AvgIpc) is 2.93. The number of allylic oxidation sites excluding steroid dienone is 2. The number of sulfonamides is 1. The van der Waals surface area contributed by atoms with Crippen LogP contribution < -0.4 is 14.8 Å². The number of dihydropyridines is 1. The van der Waals surface area contributed by atoms with E-state index in [2.05, 4.69) is 19.8 Å². The second kappa shape index (κ2) is 11.4. The van der Waals surface area contributed by atoms with E-state index in [0.717, 1.165) is 17.7 Å². The molecule has 3 heterocycles. The van der Waals surface area contributed by atoms with Crippen LogP contribution in [0.2, 0.25) is 0 Å². The Bertz CT molecular complexity index is 1630. The molecule has 3 aromatic rings. The molecule has 2 aliphatic rings. The number of nitrogens with one attached hydrogen (secondary N) is 2. The molecular formula is C27H25F4N5O4S. The summed E-state index contributed by atoms with van der Waals surface area (Å²) in [5.41, 5.74) is 0.409. The van der Waals surface area contributed by atoms with Gasteiger partial charge in [0.05, 0.1) is 11.2 Å². The molecule has 2 N–H and O–H groups in total. The molecule has 0 radical (unpaired) electrons. The number of rotatable bonds is 7. The number of hydrogen-bond donors (Lipinski definition) is 2. The summed E-state index contributed by atoms with van der Waals surface area (Å²) in [7, 11) is -4.39. The Morgan fingerprint density at radius 2 is 1.83 bits per heavy atom. The molecule has 14 heteroatoms. The molecule has 0 bridgehead atoms. The van der Waals surface area contributed by atoms with Crippen LogP contribution in [-0.4, -0.2) is 74.7 Å². The third-order valence-electron chi connectivity index (χ3n) is 6.58. The van der Waals surface area contributed by atoms with Crippen molar-refractivity contribution < 1.29 is 35.5 Å². The summed E-state index contributed by atoms with van der Waals surface area (Å²) in [4.78, 5) is 20.6. The number of fused-ring (bicyclic) bond motifs is 1. The molecule has 0 unspecified atom stereocenters. The lowest BCUT2D eigenvalue weighted by Gasteiger charge is -2.35. The van der Waals surface area contributed by atoms with Gasteiger partial charge in [-0.2, -0.15) is 0 Å². The Kier molecular flexibility index (Phi) is 7.87. The van der Waals surface area contributed by atoms with Crippen molar-refractivity contribution in [3.63, 3.8) is 0 Å². The minimum atomic E-state index is -5.15. The van der Waals surface area contributed by atoms with Gasteiger partial charge in [-0.15, -0.1) is 13.2 Å². The maximum absolute atomic E-state index is 13.5. The first-order valence-electron chi connectivity index (χ1n) is 12.5. The maximum Gasteiger partial charge on any atom is 0.573 e. The summed E-state index contributed by atoms with van der Waals surface area (Å²) in [6.45, 7) is 2.60. The topological polar surface area (TPSA) is 104 Å². The van der Waals surface area contributed by atoms with Gasteiger partial charge in [-0.1, -0.05) is 18.2 Å². The molecule has 0 spiro atoms. The highest BCUT2D eigenvalue weighted by Crippen LogP contribution is 2.34. The lowest BCUT2D eigenvalue weighted by atomic mass is 10.1. The number of alkyl halides is 3. The fourth-order valence-corrected chi connectivity index (χ4v) is 5.94. The average molecular weight is 592 g/mol. The van der Waals surface area contributed by atoms with Crippen molar-refractivity contribution in [1.82, 2.24) is 20.1 Å². The molecule has 216 valence electrons. The van der Waals surface area contributed by atoms with Crippen LogP contribution in [0.4, 0.5) is 23.2 Å². The molecule has 1 aromatic heterocycles. The molecule has 1 fully saturated rings. The van der Waals surface area contributed by atoms with Crippen molar-refractivity contribution >= 4 is 32.5 Å². The van der Waals surface area contributed by atoms with Crippen LogP contribution in [0, 0.1) is 0 Å². The first kappa shape index (κ1) is 28.4. The minimum Gasteiger partial charge on any atom is -0.404 e. The van der Waals surface area contributed by atoms with Crippen LogP contribution in [0.25, 0.3) is 10.9 Å². The third-order valence-corrected chi connectivity index (χ3v) is 7.98. The summed E-state index contributed by atoms with van der Waals surface area (Å²) in [6.07, 6.45) is -0.996. The predicted molar refractivity (Wildman–Crippen MR) is 143 cm³/mol. The number of carbonyl (C=O) groups is 1. The molecule has 1 amide bonds. The highest BCUT2D eigenvalue weighted by molar-refractivity contribution is 7.93. The fourth-order valence-electron chi connectivity index (χ4n) is 4.69. The second-order valence-corrected chi connectivity index (χ2v) is 11.1. The Balaban J connectivity index is 1.34. The normalized spacial score (nSPS) is 16.5. The maximum atomic E-state index is 13.5. The van der Waals surface area contributed by atoms with Crippen LogP contribution in [0.1, 0.15) is 10.4 Å². The summed E-state index contributed by atoms with van der Waals surface area (Å²) in [6, 6.07) is 10.9. The monoisotopic (exact) mass is 591 g/mol. The first-order valence-corrected chi connectivity index (χ1v) is 14.0. The molecule has 1 saturated heterocycles. The zero-order valence-corrected chi connectivity index (χ0v) is 22.3. The minimum absolute atomic E-state index is 0.0983. The predicted octanol–water partition coefficient (Wildman–Crippen LogP) is 4.03. The number of amides is 1. The first-order chi connectivity index (χ1) is 19.5. The van der Waals surface area contributed by atoms with E-state index < -0.39 is 33.7 Å². The molecule has 2 aromatic carbocycles. The largest absolute Gasteiger partial charge is 0.573 e. The van der Waals surface area contributed by atoms with Crippen LogP contribution in [-0.2, 0) is 10.0 Å². The van der Waals surface area contributed by atoms with Crippen molar-refractivity contribution in [3.8, 4) is 5.75 Å². The highest BCUT2D eigenvalue weighted by atomic mass is 32.2. The van der Waals surface area contributed by atoms with Gasteiger partial charge in [0.15, 0.2) is 5.75 Å². The lowest BCUT2D eigenvalue weighted by Crippen LogP contribution is -2.49. The zero-order valence-electron chi connectivity index (χ0n) is 21.5. The number of piperazine rings is 1. The van der Waals surface area contributed by atoms with E-state index >= 15 is 0 Å². The van der Waals surface area contributed by atoms with E-state index in [1.807, 2.05) is 4.90 Å². The molecule has 9 nitrogen and oxygen atoms in total. The Morgan fingerprint density at radius 1 is 1.07 bits per heavy atom. The summed E-state index contributed by atoms with van der Waals surface area (Å²) >= 11 is 0. The quantitative estimate of drug-likeness (QED) is 0.400. The molecule has 0 saturated carbocycles. The SMILES string of the molecule is O=C(c1ccc(NS(=O)(=O)c2cccc3cccnc23)c(OC(F)(F)F)c1)N1CCN(CC2=CC(F)=CNC2)CC1. The van der Waals surface area contributed by atoms with Crippen molar-refractivity contribution in [2.75, 3.05) is 44.0 Å². The Hall–Kier alpha value is -4.17. The standard InChI is InChI=1S/C27H25F4N5O4S/c28-21-13-18(15-32-16-21)17-35-9-11-36(12-10-35)26(37)20-6-7-22(23(14-20)40-27(29,30)31)34-41(38,39)24-5-1-3-19-4-2-8-33-25(19)24/h1-8,13-14,16,32,34H,9-12,15,17H2. The molecular weight excluding hydrogens is 566 g/mol. The van der Waals surface area contributed by atoms with Gasteiger partial charge in [-0.05, 0) is 42.0 Å². The summed E-state index contributed by atoms with van der Waals surface area (Å²) < 4.78 is 86.0. The van der Waals surface area contributed by atoms with Gasteiger partial charge < -0.3 is 15.0 Å². The van der Waals surface area contributed by atoms with Gasteiger partial charge in [0.1, 0.15) is 10.7 Å². The Morgan fingerprint density at radius 3 is 2.56 bits per heavy atom. The van der Waals surface area contributed by atoms with Crippen LogP contribution in [0.3, 0.4) is 0 Å². The van der Waals surface area contributed by atoms with Crippen LogP contribution in [0.5, 0.6) is 5.75 Å². The van der Waals surface area contributed by atoms with Gasteiger partial charge in [0.25, 0.3) is 15.9 Å². The number of carbonyl (C=O) groups excluding carboxylic acids is 1.